The van der Waals surface area contributed by atoms with Crippen molar-refractivity contribution in [3.63, 3.8) is 0 Å². The Hall–Kier alpha value is -1.63. The molecule has 2 saturated heterocycles. The predicted octanol–water partition coefficient (Wildman–Crippen LogP) is 4.85. The molecule has 2 aliphatic heterocycles. The van der Waals surface area contributed by atoms with Gasteiger partial charge in [-0.3, -0.25) is 4.79 Å². The molecule has 2 aromatic carbocycles. The third kappa shape index (κ3) is 3.78. The van der Waals surface area contributed by atoms with Gasteiger partial charge in [0.25, 0.3) is 5.91 Å². The van der Waals surface area contributed by atoms with Gasteiger partial charge < -0.3 is 15.0 Å². The topological polar surface area (TPSA) is 41.6 Å². The van der Waals surface area contributed by atoms with Gasteiger partial charge in [-0.2, -0.15) is 0 Å². The summed E-state index contributed by atoms with van der Waals surface area (Å²) in [5.41, 5.74) is 1.64. The minimum Gasteiger partial charge on any atom is -0.370 e. The summed E-state index contributed by atoms with van der Waals surface area (Å²) in [6.07, 6.45) is 0.954. The third-order valence-corrected chi connectivity index (χ3v) is 7.00. The van der Waals surface area contributed by atoms with Crippen molar-refractivity contribution in [1.29, 1.82) is 0 Å². The summed E-state index contributed by atoms with van der Waals surface area (Å²) in [6, 6.07) is 16.1. The Morgan fingerprint density at radius 1 is 1.14 bits per heavy atom. The third-order valence-electron chi connectivity index (χ3n) is 5.73. The Bertz CT molecular complexity index is 1050. The predicted molar refractivity (Wildman–Crippen MR) is 122 cm³/mol. The molecule has 1 atom stereocenters. The van der Waals surface area contributed by atoms with Crippen molar-refractivity contribution >= 4 is 52.0 Å². The highest BCUT2D eigenvalue weighted by Crippen LogP contribution is 2.36. The Morgan fingerprint density at radius 3 is 2.72 bits per heavy atom. The smallest absolute Gasteiger partial charge is 0.254 e. The molecule has 5 rings (SSSR count). The molecule has 1 unspecified atom stereocenters. The molecule has 0 saturated carbocycles. The average molecular weight is 449 g/mol. The summed E-state index contributed by atoms with van der Waals surface area (Å²) in [5, 5.41) is 5.43. The Kier molecular flexibility index (Phi) is 5.87. The van der Waals surface area contributed by atoms with E-state index >= 15 is 0 Å². The fraction of sp³-hybridized carbons (Fsp3) is 0.318. The first-order valence-electron chi connectivity index (χ1n) is 9.57. The van der Waals surface area contributed by atoms with Crippen LogP contribution in [-0.2, 0) is 4.74 Å². The van der Waals surface area contributed by atoms with Crippen LogP contribution in [0, 0.1) is 0 Å². The highest BCUT2D eigenvalue weighted by atomic mass is 35.5. The second-order valence-electron chi connectivity index (χ2n) is 7.49. The van der Waals surface area contributed by atoms with Crippen LogP contribution in [-0.4, -0.2) is 49.2 Å². The van der Waals surface area contributed by atoms with Crippen LogP contribution >= 0.6 is 35.3 Å². The summed E-state index contributed by atoms with van der Waals surface area (Å²) in [5.74, 6) is 0.0848. The second-order valence-corrected chi connectivity index (χ2v) is 9.21. The minimum atomic E-state index is -0.225. The second kappa shape index (κ2) is 8.25. The van der Waals surface area contributed by atoms with Crippen molar-refractivity contribution < 1.29 is 9.53 Å². The van der Waals surface area contributed by atoms with E-state index in [2.05, 4.69) is 17.4 Å². The molecule has 4 nitrogen and oxygen atoms in total. The molecule has 3 aromatic rings. The number of hydrogen-bond acceptors (Lipinski definition) is 4. The van der Waals surface area contributed by atoms with Crippen LogP contribution in [0.3, 0.4) is 0 Å². The molecule has 0 bridgehead atoms. The lowest BCUT2D eigenvalue weighted by atomic mass is 9.96. The molecule has 3 heterocycles. The monoisotopic (exact) mass is 448 g/mol. The number of nitrogens with zero attached hydrogens (tertiary/aromatic N) is 1. The van der Waals surface area contributed by atoms with E-state index in [1.807, 2.05) is 41.3 Å². The van der Waals surface area contributed by atoms with Gasteiger partial charge in [0.2, 0.25) is 0 Å². The molecular weight excluding hydrogens is 427 g/mol. The molecule has 1 N–H and O–H groups in total. The van der Waals surface area contributed by atoms with Crippen LogP contribution in [0.1, 0.15) is 16.8 Å². The van der Waals surface area contributed by atoms with Gasteiger partial charge >= 0.3 is 0 Å². The largest absolute Gasteiger partial charge is 0.370 e. The number of ether oxygens (including phenoxy) is 1. The number of fused-ring (bicyclic) bond motifs is 1. The molecule has 29 heavy (non-hydrogen) atoms. The van der Waals surface area contributed by atoms with Crippen LogP contribution < -0.4 is 5.32 Å². The van der Waals surface area contributed by atoms with Gasteiger partial charge in [-0.25, -0.2) is 0 Å². The minimum absolute atomic E-state index is 0. The molecule has 7 heteroatoms. The quantitative estimate of drug-likeness (QED) is 0.609. The summed E-state index contributed by atoms with van der Waals surface area (Å²) < 4.78 is 6.81. The zero-order valence-corrected chi connectivity index (χ0v) is 18.2. The van der Waals surface area contributed by atoms with E-state index in [0.717, 1.165) is 50.6 Å². The first-order chi connectivity index (χ1) is 13.7. The SMILES string of the molecule is Cl.O=C(c1cccc2c(-c3ccc(Cl)s3)cccc12)N1CCOC2(CCNC2)C1. The molecule has 2 fully saturated rings. The van der Waals surface area contributed by atoms with Gasteiger partial charge in [-0.1, -0.05) is 41.9 Å². The first-order valence-corrected chi connectivity index (χ1v) is 10.8. The molecular formula is C22H22Cl2N2O2S. The zero-order chi connectivity index (χ0) is 19.1. The number of amides is 1. The van der Waals surface area contributed by atoms with Crippen LogP contribution in [0.2, 0.25) is 4.34 Å². The van der Waals surface area contributed by atoms with Gasteiger partial charge in [-0.05, 0) is 47.5 Å². The number of carbonyl (C=O) groups is 1. The van der Waals surface area contributed by atoms with E-state index in [0.29, 0.717) is 19.7 Å². The van der Waals surface area contributed by atoms with Crippen molar-refractivity contribution in [2.45, 2.75) is 12.0 Å². The molecule has 1 aromatic heterocycles. The Morgan fingerprint density at radius 2 is 1.97 bits per heavy atom. The number of thiophene rings is 1. The fourth-order valence-electron chi connectivity index (χ4n) is 4.34. The summed E-state index contributed by atoms with van der Waals surface area (Å²) in [6.45, 7) is 3.64. The van der Waals surface area contributed by atoms with Gasteiger partial charge in [0.05, 0.1) is 23.1 Å². The van der Waals surface area contributed by atoms with E-state index in [-0.39, 0.29) is 23.9 Å². The van der Waals surface area contributed by atoms with E-state index in [4.69, 9.17) is 16.3 Å². The number of rotatable bonds is 2. The van der Waals surface area contributed by atoms with Crippen LogP contribution in [0.5, 0.6) is 0 Å². The maximum absolute atomic E-state index is 13.4. The van der Waals surface area contributed by atoms with E-state index in [9.17, 15) is 4.79 Å². The van der Waals surface area contributed by atoms with Gasteiger partial charge in [0.1, 0.15) is 0 Å². The maximum Gasteiger partial charge on any atom is 0.254 e. The first kappa shape index (κ1) is 20.6. The Balaban J connectivity index is 0.00000205. The number of benzene rings is 2. The van der Waals surface area contributed by atoms with Crippen LogP contribution in [0.4, 0.5) is 0 Å². The maximum atomic E-state index is 13.4. The number of carbonyl (C=O) groups excluding carboxylic acids is 1. The summed E-state index contributed by atoms with van der Waals surface area (Å²) >= 11 is 7.70. The molecule has 152 valence electrons. The zero-order valence-electron chi connectivity index (χ0n) is 15.8. The van der Waals surface area contributed by atoms with Crippen molar-refractivity contribution in [2.24, 2.45) is 0 Å². The van der Waals surface area contributed by atoms with Crippen molar-refractivity contribution in [2.75, 3.05) is 32.8 Å². The summed E-state index contributed by atoms with van der Waals surface area (Å²) in [4.78, 5) is 16.5. The van der Waals surface area contributed by atoms with E-state index in [1.54, 1.807) is 11.3 Å². The molecule has 0 radical (unpaired) electrons. The van der Waals surface area contributed by atoms with Crippen molar-refractivity contribution in [3.8, 4) is 10.4 Å². The number of hydrogen-bond donors (Lipinski definition) is 1. The highest BCUT2D eigenvalue weighted by Gasteiger charge is 2.41. The van der Waals surface area contributed by atoms with E-state index < -0.39 is 0 Å². The van der Waals surface area contributed by atoms with Gasteiger partial charge in [0.15, 0.2) is 0 Å². The normalized spacial score (nSPS) is 21.5. The van der Waals surface area contributed by atoms with Crippen LogP contribution in [0.25, 0.3) is 21.2 Å². The average Bonchev–Trinajstić information content (AvgIpc) is 3.35. The Labute approximate surface area is 185 Å². The fourth-order valence-corrected chi connectivity index (χ4v) is 5.42. The van der Waals surface area contributed by atoms with Gasteiger partial charge in [-0.15, -0.1) is 23.7 Å². The molecule has 1 spiro atoms. The molecule has 1 amide bonds. The summed E-state index contributed by atoms with van der Waals surface area (Å²) in [7, 11) is 0. The highest BCUT2D eigenvalue weighted by molar-refractivity contribution is 7.19. The van der Waals surface area contributed by atoms with Gasteiger partial charge in [0, 0.05) is 23.5 Å². The van der Waals surface area contributed by atoms with Crippen LogP contribution in [0.15, 0.2) is 48.5 Å². The standard InChI is InChI=1S/C22H21ClN2O2S.ClH/c23-20-8-7-19(28-20)17-5-1-4-16-15(17)3-2-6-18(16)21(26)25-11-12-27-22(14-25)9-10-24-13-22;/h1-8,24H,9-14H2;1H. The van der Waals surface area contributed by atoms with E-state index in [1.165, 1.54) is 0 Å². The lowest BCUT2D eigenvalue weighted by Gasteiger charge is -2.40. The lowest BCUT2D eigenvalue weighted by molar-refractivity contribution is -0.0866. The molecule has 2 aliphatic rings. The number of nitrogens with one attached hydrogen (secondary N) is 1. The van der Waals surface area contributed by atoms with Crippen molar-refractivity contribution in [1.82, 2.24) is 10.2 Å². The van der Waals surface area contributed by atoms with Crippen molar-refractivity contribution in [3.05, 3.63) is 58.4 Å². The molecule has 0 aliphatic carbocycles. The number of halogens is 2. The number of morpholine rings is 1. The lowest BCUT2D eigenvalue weighted by Crippen LogP contribution is -2.54.